The fraction of sp³-hybridized carbons (Fsp3) is 0.500. The Kier molecular flexibility index (Phi) is 4.24. The number of rotatable bonds is 4. The molecule has 1 aliphatic heterocycles. The number of carbonyl (C=O) groups is 2. The highest BCUT2D eigenvalue weighted by Crippen LogP contribution is 2.44. The predicted octanol–water partition coefficient (Wildman–Crippen LogP) is 3.08. The molecule has 0 aromatic heterocycles. The van der Waals surface area contributed by atoms with Gasteiger partial charge in [-0.2, -0.15) is 0 Å². The number of methoxy groups -OCH3 is 1. The van der Waals surface area contributed by atoms with Crippen molar-refractivity contribution >= 4 is 17.5 Å². The van der Waals surface area contributed by atoms with Crippen LogP contribution in [0.25, 0.3) is 0 Å². The summed E-state index contributed by atoms with van der Waals surface area (Å²) in [6.07, 6.45) is 8.52. The van der Waals surface area contributed by atoms with E-state index in [1.807, 2.05) is 4.90 Å². The maximum Gasteiger partial charge on any atom is 0.253 e. The first kappa shape index (κ1) is 16.2. The predicted molar refractivity (Wildman–Crippen MR) is 95.6 cm³/mol. The van der Waals surface area contributed by atoms with E-state index in [9.17, 15) is 9.59 Å². The first-order valence-corrected chi connectivity index (χ1v) is 9.12. The molecular weight excluding hydrogens is 316 g/mol. The number of likely N-dealkylation sites (tertiary alicyclic amines) is 1. The Morgan fingerprint density at radius 1 is 1.16 bits per heavy atom. The molecule has 1 aromatic carbocycles. The molecule has 0 spiro atoms. The van der Waals surface area contributed by atoms with E-state index in [0.29, 0.717) is 28.8 Å². The van der Waals surface area contributed by atoms with E-state index in [1.54, 1.807) is 25.3 Å². The number of fused-ring (bicyclic) bond motifs is 2. The van der Waals surface area contributed by atoms with Crippen LogP contribution in [-0.4, -0.2) is 36.9 Å². The summed E-state index contributed by atoms with van der Waals surface area (Å²) >= 11 is 0. The van der Waals surface area contributed by atoms with Gasteiger partial charge in [-0.1, -0.05) is 12.2 Å². The largest absolute Gasteiger partial charge is 0.495 e. The molecule has 5 heteroatoms. The van der Waals surface area contributed by atoms with Crippen LogP contribution in [-0.2, 0) is 4.79 Å². The van der Waals surface area contributed by atoms with Crippen LogP contribution >= 0.6 is 0 Å². The van der Waals surface area contributed by atoms with Crippen LogP contribution in [0.1, 0.15) is 36.0 Å². The lowest BCUT2D eigenvalue weighted by atomic mass is 9.92. The van der Waals surface area contributed by atoms with Gasteiger partial charge in [0.05, 0.1) is 12.8 Å². The van der Waals surface area contributed by atoms with Gasteiger partial charge in [0.2, 0.25) is 5.91 Å². The second-order valence-electron chi connectivity index (χ2n) is 7.29. The number of amides is 2. The van der Waals surface area contributed by atoms with Gasteiger partial charge >= 0.3 is 0 Å². The zero-order valence-corrected chi connectivity index (χ0v) is 14.5. The average Bonchev–Trinajstić information content (AvgIpc) is 3.38. The normalized spacial score (nSPS) is 26.9. The van der Waals surface area contributed by atoms with E-state index in [2.05, 4.69) is 17.5 Å². The van der Waals surface area contributed by atoms with E-state index >= 15 is 0 Å². The molecule has 1 saturated heterocycles. The number of nitrogens with zero attached hydrogens (tertiary/aromatic N) is 1. The fourth-order valence-electron chi connectivity index (χ4n) is 4.35. The smallest absolute Gasteiger partial charge is 0.253 e. The highest BCUT2D eigenvalue weighted by Gasteiger charge is 2.40. The molecule has 3 aliphatic rings. The van der Waals surface area contributed by atoms with Gasteiger partial charge in [0.25, 0.3) is 5.91 Å². The molecule has 2 aliphatic carbocycles. The lowest BCUT2D eigenvalue weighted by Crippen LogP contribution is -2.28. The number of ether oxygens (including phenoxy) is 1. The van der Waals surface area contributed by atoms with Crippen LogP contribution in [0.2, 0.25) is 0 Å². The standard InChI is InChI=1S/C20H24N2O3/c1-25-18-7-6-15(20(24)22-8-2-3-9-22)12-17(18)21-19(23)16-11-13-4-5-14(16)10-13/h4-7,12-14,16H,2-3,8-11H2,1H3,(H,21,23)/t13-,14+,16+/m1/s1. The number of benzene rings is 1. The molecule has 1 aromatic rings. The molecule has 2 fully saturated rings. The fourth-order valence-corrected chi connectivity index (χ4v) is 4.35. The number of hydrogen-bond donors (Lipinski definition) is 1. The second-order valence-corrected chi connectivity index (χ2v) is 7.29. The first-order chi connectivity index (χ1) is 12.2. The summed E-state index contributed by atoms with van der Waals surface area (Å²) in [6.45, 7) is 1.62. The molecule has 3 atom stereocenters. The van der Waals surface area contributed by atoms with Crippen LogP contribution in [0.3, 0.4) is 0 Å². The van der Waals surface area contributed by atoms with Crippen LogP contribution in [0.5, 0.6) is 5.75 Å². The van der Waals surface area contributed by atoms with Gasteiger partial charge in [-0.25, -0.2) is 0 Å². The molecule has 1 N–H and O–H groups in total. The second kappa shape index (κ2) is 6.54. The monoisotopic (exact) mass is 340 g/mol. The minimum absolute atomic E-state index is 0.0256. The molecule has 4 rings (SSSR count). The zero-order valence-electron chi connectivity index (χ0n) is 14.5. The number of hydrogen-bond acceptors (Lipinski definition) is 3. The molecule has 2 bridgehead atoms. The maximum atomic E-state index is 12.7. The van der Waals surface area contributed by atoms with Gasteiger partial charge in [-0.05, 0) is 55.7 Å². The summed E-state index contributed by atoms with van der Waals surface area (Å²) in [5, 5.41) is 3.01. The van der Waals surface area contributed by atoms with Crippen molar-refractivity contribution in [3.63, 3.8) is 0 Å². The SMILES string of the molecule is COc1ccc(C(=O)N2CCCC2)cc1NC(=O)[C@H]1C[C@@H]2C=C[C@H]1C2. The van der Waals surface area contributed by atoms with Crippen molar-refractivity contribution in [3.05, 3.63) is 35.9 Å². The Morgan fingerprint density at radius 3 is 2.60 bits per heavy atom. The lowest BCUT2D eigenvalue weighted by molar-refractivity contribution is -0.120. The van der Waals surface area contributed by atoms with Crippen molar-refractivity contribution in [1.29, 1.82) is 0 Å². The summed E-state index contributed by atoms with van der Waals surface area (Å²) in [6, 6.07) is 5.29. The lowest BCUT2D eigenvalue weighted by Gasteiger charge is -2.20. The highest BCUT2D eigenvalue weighted by atomic mass is 16.5. The van der Waals surface area contributed by atoms with Crippen LogP contribution in [0, 0.1) is 17.8 Å². The van der Waals surface area contributed by atoms with Crippen LogP contribution in [0.15, 0.2) is 30.4 Å². The summed E-state index contributed by atoms with van der Waals surface area (Å²) in [5.41, 5.74) is 1.19. The molecule has 2 amide bonds. The molecule has 1 saturated carbocycles. The van der Waals surface area contributed by atoms with Crippen molar-refractivity contribution in [3.8, 4) is 5.75 Å². The third-order valence-electron chi connectivity index (χ3n) is 5.71. The first-order valence-electron chi connectivity index (χ1n) is 9.12. The van der Waals surface area contributed by atoms with E-state index in [0.717, 1.165) is 38.8 Å². The van der Waals surface area contributed by atoms with Gasteiger partial charge in [0.1, 0.15) is 5.75 Å². The third-order valence-corrected chi connectivity index (χ3v) is 5.71. The van der Waals surface area contributed by atoms with E-state index in [4.69, 9.17) is 4.74 Å². The molecule has 132 valence electrons. The van der Waals surface area contributed by atoms with E-state index in [1.165, 1.54) is 0 Å². The van der Waals surface area contributed by atoms with Crippen molar-refractivity contribution < 1.29 is 14.3 Å². The van der Waals surface area contributed by atoms with Gasteiger partial charge in [-0.3, -0.25) is 9.59 Å². The Bertz CT molecular complexity index is 722. The Labute approximate surface area is 148 Å². The zero-order chi connectivity index (χ0) is 17.4. The van der Waals surface area contributed by atoms with Crippen molar-refractivity contribution in [2.45, 2.75) is 25.7 Å². The molecule has 1 heterocycles. The summed E-state index contributed by atoms with van der Waals surface area (Å²) < 4.78 is 5.38. The molecule has 0 unspecified atom stereocenters. The quantitative estimate of drug-likeness (QED) is 0.857. The maximum absolute atomic E-state index is 12.7. The minimum Gasteiger partial charge on any atom is -0.495 e. The van der Waals surface area contributed by atoms with Gasteiger partial charge in [0.15, 0.2) is 0 Å². The number of anilines is 1. The summed E-state index contributed by atoms with van der Waals surface area (Å²) in [5.74, 6) is 1.57. The van der Waals surface area contributed by atoms with Crippen molar-refractivity contribution in [1.82, 2.24) is 4.90 Å². The van der Waals surface area contributed by atoms with Crippen molar-refractivity contribution in [2.24, 2.45) is 17.8 Å². The van der Waals surface area contributed by atoms with Gasteiger partial charge < -0.3 is 15.0 Å². The van der Waals surface area contributed by atoms with E-state index < -0.39 is 0 Å². The van der Waals surface area contributed by atoms with Crippen LogP contribution < -0.4 is 10.1 Å². The molecule has 5 nitrogen and oxygen atoms in total. The number of carbonyl (C=O) groups excluding carboxylic acids is 2. The number of allylic oxidation sites excluding steroid dienone is 2. The Morgan fingerprint density at radius 2 is 1.96 bits per heavy atom. The summed E-state index contributed by atoms with van der Waals surface area (Å²) in [4.78, 5) is 27.2. The average molecular weight is 340 g/mol. The third kappa shape index (κ3) is 3.03. The summed E-state index contributed by atoms with van der Waals surface area (Å²) in [7, 11) is 1.58. The topological polar surface area (TPSA) is 58.6 Å². The van der Waals surface area contributed by atoms with E-state index in [-0.39, 0.29) is 17.7 Å². The Balaban J connectivity index is 1.53. The minimum atomic E-state index is 0.0256. The number of nitrogens with one attached hydrogen (secondary N) is 1. The van der Waals surface area contributed by atoms with Gasteiger partial charge in [0, 0.05) is 24.6 Å². The molecule has 25 heavy (non-hydrogen) atoms. The van der Waals surface area contributed by atoms with Gasteiger partial charge in [-0.15, -0.1) is 0 Å². The highest BCUT2D eigenvalue weighted by molar-refractivity contribution is 5.99. The van der Waals surface area contributed by atoms with Crippen LogP contribution in [0.4, 0.5) is 5.69 Å². The molecular formula is C20H24N2O3. The van der Waals surface area contributed by atoms with Crippen molar-refractivity contribution in [2.75, 3.05) is 25.5 Å². The Hall–Kier alpha value is -2.30. The molecule has 0 radical (unpaired) electrons.